The van der Waals surface area contributed by atoms with Gasteiger partial charge in [-0.15, -0.1) is 0 Å². The van der Waals surface area contributed by atoms with Gasteiger partial charge in [0.05, 0.1) is 17.1 Å². The molecule has 0 radical (unpaired) electrons. The monoisotopic (exact) mass is 252 g/mol. The van der Waals surface area contributed by atoms with E-state index in [0.29, 0.717) is 0 Å². The number of aryl methyl sites for hydroxylation is 1. The summed E-state index contributed by atoms with van der Waals surface area (Å²) in [6.45, 7) is 4.76. The van der Waals surface area contributed by atoms with Crippen LogP contribution in [0.25, 0.3) is 0 Å². The van der Waals surface area contributed by atoms with Crippen molar-refractivity contribution in [3.63, 3.8) is 0 Å². The highest BCUT2D eigenvalue weighted by molar-refractivity contribution is 5.98. The Labute approximate surface area is 105 Å². The number of nitrogens with zero attached hydrogens (tertiary/aromatic N) is 1. The van der Waals surface area contributed by atoms with Gasteiger partial charge in [0.15, 0.2) is 0 Å². The zero-order chi connectivity index (χ0) is 13.9. The number of hydrogen-bond donors (Lipinski definition) is 2. The van der Waals surface area contributed by atoms with Gasteiger partial charge in [0.25, 0.3) is 11.6 Å². The van der Waals surface area contributed by atoms with Gasteiger partial charge in [-0.1, -0.05) is 6.07 Å². The van der Waals surface area contributed by atoms with Crippen molar-refractivity contribution in [3.8, 4) is 0 Å². The molecule has 0 saturated carbocycles. The number of nitro benzene ring substituents is 1. The summed E-state index contributed by atoms with van der Waals surface area (Å²) in [6.07, 6.45) is 0. The smallest absolute Gasteiger partial charge is 0.282 e. The highest BCUT2D eigenvalue weighted by atomic mass is 16.6. The molecule has 1 amide bonds. The summed E-state index contributed by atoms with van der Waals surface area (Å²) in [5.74, 6) is -0.565. The van der Waals surface area contributed by atoms with Crippen molar-refractivity contribution >= 4 is 11.6 Å². The fraction of sp³-hybridized carbons (Fsp3) is 0.417. The van der Waals surface area contributed by atoms with E-state index in [1.807, 2.05) is 0 Å². The summed E-state index contributed by atoms with van der Waals surface area (Å²) in [4.78, 5) is 22.2. The maximum Gasteiger partial charge on any atom is 0.282 e. The van der Waals surface area contributed by atoms with E-state index in [0.717, 1.165) is 5.56 Å². The van der Waals surface area contributed by atoms with E-state index >= 15 is 0 Å². The van der Waals surface area contributed by atoms with Crippen LogP contribution >= 0.6 is 0 Å². The summed E-state index contributed by atoms with van der Waals surface area (Å²) < 4.78 is 0. The lowest BCUT2D eigenvalue weighted by Gasteiger charge is -2.23. The second-order valence-corrected chi connectivity index (χ2v) is 4.77. The Morgan fingerprint density at radius 1 is 1.50 bits per heavy atom. The molecule has 18 heavy (non-hydrogen) atoms. The lowest BCUT2D eigenvalue weighted by molar-refractivity contribution is -0.385. The number of benzene rings is 1. The molecule has 0 aromatic heterocycles. The van der Waals surface area contributed by atoms with Crippen molar-refractivity contribution in [2.24, 2.45) is 0 Å². The van der Waals surface area contributed by atoms with Crippen molar-refractivity contribution in [2.75, 3.05) is 6.61 Å². The Kier molecular flexibility index (Phi) is 4.03. The van der Waals surface area contributed by atoms with Crippen LogP contribution in [-0.4, -0.2) is 28.1 Å². The number of nitro groups is 1. The van der Waals surface area contributed by atoms with Crippen LogP contribution < -0.4 is 5.32 Å². The lowest BCUT2D eigenvalue weighted by Crippen LogP contribution is -2.46. The summed E-state index contributed by atoms with van der Waals surface area (Å²) in [7, 11) is 0. The third kappa shape index (κ3) is 3.27. The molecule has 0 saturated heterocycles. The zero-order valence-electron chi connectivity index (χ0n) is 10.6. The van der Waals surface area contributed by atoms with E-state index in [9.17, 15) is 14.9 Å². The number of aliphatic hydroxyl groups excluding tert-OH is 1. The highest BCUT2D eigenvalue weighted by Crippen LogP contribution is 2.20. The standard InChI is InChI=1S/C12H16N2O4/c1-8-4-5-10(14(17)18)9(6-8)11(16)13-12(2,3)7-15/h4-6,15H,7H2,1-3H3,(H,13,16). The van der Waals surface area contributed by atoms with Crippen molar-refractivity contribution in [1.29, 1.82) is 0 Å². The third-order valence-corrected chi connectivity index (χ3v) is 2.44. The topological polar surface area (TPSA) is 92.5 Å². The molecule has 1 aromatic carbocycles. The number of amides is 1. The van der Waals surface area contributed by atoms with Crippen LogP contribution in [0.5, 0.6) is 0 Å². The minimum absolute atomic E-state index is 0.00141. The Morgan fingerprint density at radius 2 is 2.11 bits per heavy atom. The molecule has 0 bridgehead atoms. The van der Waals surface area contributed by atoms with Gasteiger partial charge >= 0.3 is 0 Å². The number of aliphatic hydroxyl groups is 1. The molecule has 0 fully saturated rings. The molecule has 2 N–H and O–H groups in total. The second kappa shape index (κ2) is 5.14. The van der Waals surface area contributed by atoms with Crippen LogP contribution in [-0.2, 0) is 0 Å². The molecule has 98 valence electrons. The van der Waals surface area contributed by atoms with Crippen LogP contribution in [0, 0.1) is 17.0 Å². The molecule has 0 spiro atoms. The Balaban J connectivity index is 3.12. The minimum Gasteiger partial charge on any atom is -0.394 e. The molecule has 0 aliphatic carbocycles. The van der Waals surface area contributed by atoms with Crippen molar-refractivity contribution < 1.29 is 14.8 Å². The van der Waals surface area contributed by atoms with Gasteiger partial charge in [-0.05, 0) is 32.4 Å². The summed E-state index contributed by atoms with van der Waals surface area (Å²) >= 11 is 0. The molecule has 6 heteroatoms. The molecule has 0 heterocycles. The number of hydrogen-bond acceptors (Lipinski definition) is 4. The Hall–Kier alpha value is -1.95. The van der Waals surface area contributed by atoms with E-state index in [-0.39, 0.29) is 17.9 Å². The quantitative estimate of drug-likeness (QED) is 0.625. The van der Waals surface area contributed by atoms with Crippen LogP contribution in [0.15, 0.2) is 18.2 Å². The van der Waals surface area contributed by atoms with Gasteiger partial charge in [-0.2, -0.15) is 0 Å². The van der Waals surface area contributed by atoms with Gasteiger partial charge in [-0.3, -0.25) is 14.9 Å². The maximum atomic E-state index is 12.0. The first-order valence-electron chi connectivity index (χ1n) is 5.45. The number of carbonyl (C=O) groups is 1. The minimum atomic E-state index is -0.825. The summed E-state index contributed by atoms with van der Waals surface area (Å²) in [5, 5.41) is 22.5. The molecule has 0 aliphatic heterocycles. The van der Waals surface area contributed by atoms with E-state index in [1.54, 1.807) is 26.8 Å². The lowest BCUT2D eigenvalue weighted by atomic mass is 10.0. The largest absolute Gasteiger partial charge is 0.394 e. The Morgan fingerprint density at radius 3 is 2.61 bits per heavy atom. The first kappa shape index (κ1) is 14.1. The second-order valence-electron chi connectivity index (χ2n) is 4.77. The molecule has 1 rings (SSSR count). The zero-order valence-corrected chi connectivity index (χ0v) is 10.6. The summed E-state index contributed by atoms with van der Waals surface area (Å²) in [5.41, 5.74) is -0.310. The average Bonchev–Trinajstić information content (AvgIpc) is 2.28. The normalized spacial score (nSPS) is 11.1. The van der Waals surface area contributed by atoms with Crippen LogP contribution in [0.3, 0.4) is 0 Å². The van der Waals surface area contributed by atoms with Crippen LogP contribution in [0.1, 0.15) is 29.8 Å². The fourth-order valence-corrected chi connectivity index (χ4v) is 1.41. The van der Waals surface area contributed by atoms with Crippen molar-refractivity contribution in [2.45, 2.75) is 26.3 Å². The van der Waals surface area contributed by atoms with E-state index in [4.69, 9.17) is 5.11 Å². The number of rotatable bonds is 4. The number of nitrogens with one attached hydrogen (secondary N) is 1. The Bertz CT molecular complexity index is 483. The molecule has 0 aliphatic rings. The van der Waals surface area contributed by atoms with E-state index in [2.05, 4.69) is 5.32 Å². The van der Waals surface area contributed by atoms with Crippen LogP contribution in [0.2, 0.25) is 0 Å². The molecule has 1 aromatic rings. The van der Waals surface area contributed by atoms with Gasteiger partial charge < -0.3 is 10.4 Å². The van der Waals surface area contributed by atoms with E-state index in [1.165, 1.54) is 12.1 Å². The van der Waals surface area contributed by atoms with Crippen LogP contribution in [0.4, 0.5) is 5.69 Å². The maximum absolute atomic E-state index is 12.0. The van der Waals surface area contributed by atoms with Gasteiger partial charge in [0, 0.05) is 6.07 Å². The SMILES string of the molecule is Cc1ccc([N+](=O)[O-])c(C(=O)NC(C)(C)CO)c1. The first-order valence-corrected chi connectivity index (χ1v) is 5.45. The van der Waals surface area contributed by atoms with Crippen molar-refractivity contribution in [3.05, 3.63) is 39.4 Å². The third-order valence-electron chi connectivity index (χ3n) is 2.44. The molecular weight excluding hydrogens is 236 g/mol. The van der Waals surface area contributed by atoms with E-state index < -0.39 is 16.4 Å². The molecule has 6 nitrogen and oxygen atoms in total. The molecule has 0 unspecified atom stereocenters. The van der Waals surface area contributed by atoms with Gasteiger partial charge in [0.2, 0.25) is 0 Å². The van der Waals surface area contributed by atoms with Gasteiger partial charge in [0.1, 0.15) is 5.56 Å². The summed E-state index contributed by atoms with van der Waals surface area (Å²) in [6, 6.07) is 4.34. The fourth-order valence-electron chi connectivity index (χ4n) is 1.41. The number of carbonyl (C=O) groups excluding carboxylic acids is 1. The first-order chi connectivity index (χ1) is 8.26. The molecular formula is C12H16N2O4. The predicted octanol–water partition coefficient (Wildman–Crippen LogP) is 1.40. The van der Waals surface area contributed by atoms with Crippen molar-refractivity contribution in [1.82, 2.24) is 5.32 Å². The molecule has 0 atom stereocenters. The van der Waals surface area contributed by atoms with Gasteiger partial charge in [-0.25, -0.2) is 0 Å². The average molecular weight is 252 g/mol. The predicted molar refractivity (Wildman–Crippen MR) is 66.5 cm³/mol. The highest BCUT2D eigenvalue weighted by Gasteiger charge is 2.25.